The Morgan fingerprint density at radius 2 is 2.06 bits per heavy atom. The van der Waals surface area contributed by atoms with E-state index >= 15 is 0 Å². The number of amides is 3. The Bertz CT molecular complexity index is 1010. The van der Waals surface area contributed by atoms with E-state index in [1.807, 2.05) is 24.4 Å². The highest BCUT2D eigenvalue weighted by Crippen LogP contribution is 2.32. The molecule has 176 valence electrons. The summed E-state index contributed by atoms with van der Waals surface area (Å²) in [7, 11) is 1.77. The number of hydrogen-bond donors (Lipinski definition) is 2. The summed E-state index contributed by atoms with van der Waals surface area (Å²) in [5.41, 5.74) is 0.967. The van der Waals surface area contributed by atoms with Gasteiger partial charge in [-0.05, 0) is 49.4 Å². The monoisotopic (exact) mass is 471 g/mol. The standard InChI is InChI=1S/C24H29N3O5S/c1-3-25-22(28)12-16-7-8-19-21(32-16)14-31-20-9-6-15(11-18(20)24(30)27(19)2)26-23(29)13-17-5-4-10-33-17/h4-6,9-11,16,19,21H,3,7-8,12-14H2,1-2H3,(H,25,28)(H,26,29)/t16-,19-,21+/m1/s1. The number of benzene rings is 1. The molecule has 2 N–H and O–H groups in total. The van der Waals surface area contributed by atoms with E-state index in [1.54, 1.807) is 30.1 Å². The average molecular weight is 472 g/mol. The molecule has 9 heteroatoms. The van der Waals surface area contributed by atoms with Gasteiger partial charge in [0.25, 0.3) is 5.91 Å². The van der Waals surface area contributed by atoms with E-state index in [9.17, 15) is 14.4 Å². The van der Waals surface area contributed by atoms with Crippen LogP contribution in [0, 0.1) is 0 Å². The molecule has 3 heterocycles. The van der Waals surface area contributed by atoms with Gasteiger partial charge in [0.2, 0.25) is 11.8 Å². The van der Waals surface area contributed by atoms with Gasteiger partial charge in [0.15, 0.2) is 0 Å². The van der Waals surface area contributed by atoms with Crippen molar-refractivity contribution in [3.63, 3.8) is 0 Å². The lowest BCUT2D eigenvalue weighted by molar-refractivity contribution is -0.134. The lowest BCUT2D eigenvalue weighted by atomic mass is 9.94. The number of fused-ring (bicyclic) bond motifs is 2. The predicted octanol–water partition coefficient (Wildman–Crippen LogP) is 2.84. The van der Waals surface area contributed by atoms with Gasteiger partial charge in [0, 0.05) is 24.2 Å². The highest BCUT2D eigenvalue weighted by Gasteiger charge is 2.39. The van der Waals surface area contributed by atoms with Gasteiger partial charge in [-0.15, -0.1) is 11.3 Å². The van der Waals surface area contributed by atoms with Crippen LogP contribution in [0.25, 0.3) is 0 Å². The van der Waals surface area contributed by atoms with Gasteiger partial charge in [-0.25, -0.2) is 0 Å². The van der Waals surface area contributed by atoms with Gasteiger partial charge in [0.05, 0.1) is 30.6 Å². The maximum Gasteiger partial charge on any atom is 0.257 e. The zero-order chi connectivity index (χ0) is 23.4. The molecule has 0 spiro atoms. The Hall–Kier alpha value is -2.91. The molecule has 2 aromatic rings. The van der Waals surface area contributed by atoms with Gasteiger partial charge >= 0.3 is 0 Å². The van der Waals surface area contributed by atoms with Crippen LogP contribution >= 0.6 is 11.3 Å². The van der Waals surface area contributed by atoms with Crippen molar-refractivity contribution in [3.8, 4) is 5.75 Å². The SMILES string of the molecule is CCNC(=O)C[C@H]1CC[C@@H]2[C@H](COc3ccc(NC(=O)Cc4cccs4)cc3C(=O)N2C)O1. The van der Waals surface area contributed by atoms with Crippen molar-refractivity contribution in [2.75, 3.05) is 25.5 Å². The molecule has 0 aliphatic carbocycles. The molecular formula is C24H29N3O5S. The van der Waals surface area contributed by atoms with Gasteiger partial charge < -0.3 is 25.0 Å². The molecule has 0 unspecified atom stereocenters. The first kappa shape index (κ1) is 23.3. The predicted molar refractivity (Wildman–Crippen MR) is 126 cm³/mol. The van der Waals surface area contributed by atoms with Crippen LogP contribution < -0.4 is 15.4 Å². The number of nitrogens with zero attached hydrogens (tertiary/aromatic N) is 1. The quantitative estimate of drug-likeness (QED) is 0.675. The summed E-state index contributed by atoms with van der Waals surface area (Å²) < 4.78 is 12.1. The van der Waals surface area contributed by atoms with Crippen LogP contribution in [0.1, 0.15) is 41.4 Å². The largest absolute Gasteiger partial charge is 0.490 e. The molecule has 8 nitrogen and oxygen atoms in total. The van der Waals surface area contributed by atoms with Crippen molar-refractivity contribution in [1.82, 2.24) is 10.2 Å². The first-order valence-corrected chi connectivity index (χ1v) is 12.1. The second-order valence-corrected chi connectivity index (χ2v) is 9.37. The molecule has 1 fully saturated rings. The molecule has 1 aromatic carbocycles. The van der Waals surface area contributed by atoms with Gasteiger partial charge in [-0.3, -0.25) is 14.4 Å². The fraction of sp³-hybridized carbons (Fsp3) is 0.458. The number of carbonyl (C=O) groups excluding carboxylic acids is 3. The molecule has 1 aromatic heterocycles. The van der Waals surface area contributed by atoms with E-state index in [2.05, 4.69) is 10.6 Å². The third kappa shape index (κ3) is 5.54. The Balaban J connectivity index is 1.45. The van der Waals surface area contributed by atoms with Gasteiger partial charge in [-0.1, -0.05) is 6.07 Å². The molecule has 0 saturated carbocycles. The fourth-order valence-corrected chi connectivity index (χ4v) is 5.06. The minimum absolute atomic E-state index is 0.0313. The zero-order valence-corrected chi connectivity index (χ0v) is 19.7. The average Bonchev–Trinajstić information content (AvgIpc) is 3.29. The van der Waals surface area contributed by atoms with Crippen LogP contribution in [0.4, 0.5) is 5.69 Å². The zero-order valence-electron chi connectivity index (χ0n) is 18.8. The summed E-state index contributed by atoms with van der Waals surface area (Å²) in [5, 5.41) is 7.61. The molecule has 0 radical (unpaired) electrons. The van der Waals surface area contributed by atoms with Crippen LogP contribution in [0.15, 0.2) is 35.7 Å². The van der Waals surface area contributed by atoms with Crippen molar-refractivity contribution in [1.29, 1.82) is 0 Å². The highest BCUT2D eigenvalue weighted by atomic mass is 32.1. The minimum atomic E-state index is -0.314. The van der Waals surface area contributed by atoms with Crippen LogP contribution in [-0.4, -0.2) is 61.1 Å². The maximum atomic E-state index is 13.3. The number of likely N-dealkylation sites (N-methyl/N-ethyl adjacent to an activating group) is 1. The molecule has 2 aliphatic rings. The fourth-order valence-electron chi connectivity index (χ4n) is 4.36. The Kier molecular flexibility index (Phi) is 7.29. The molecule has 33 heavy (non-hydrogen) atoms. The van der Waals surface area contributed by atoms with E-state index < -0.39 is 0 Å². The summed E-state index contributed by atoms with van der Waals surface area (Å²) in [4.78, 5) is 40.3. The van der Waals surface area contributed by atoms with E-state index in [1.165, 1.54) is 11.3 Å². The molecule has 0 bridgehead atoms. The third-order valence-electron chi connectivity index (χ3n) is 6.00. The summed E-state index contributed by atoms with van der Waals surface area (Å²) >= 11 is 1.53. The van der Waals surface area contributed by atoms with Crippen molar-refractivity contribution in [3.05, 3.63) is 46.2 Å². The Labute approximate surface area is 197 Å². The van der Waals surface area contributed by atoms with Gasteiger partial charge in [-0.2, -0.15) is 0 Å². The maximum absolute atomic E-state index is 13.3. The molecule has 4 rings (SSSR count). The summed E-state index contributed by atoms with van der Waals surface area (Å²) in [6.45, 7) is 2.76. The van der Waals surface area contributed by atoms with Crippen LogP contribution in [-0.2, 0) is 20.7 Å². The summed E-state index contributed by atoms with van der Waals surface area (Å²) in [5.74, 6) is 0.107. The van der Waals surface area contributed by atoms with E-state index in [0.717, 1.165) is 11.3 Å². The van der Waals surface area contributed by atoms with Crippen LogP contribution in [0.2, 0.25) is 0 Å². The second-order valence-electron chi connectivity index (χ2n) is 8.34. The van der Waals surface area contributed by atoms with E-state index in [4.69, 9.17) is 9.47 Å². The lowest BCUT2D eigenvalue weighted by Crippen LogP contribution is -2.54. The number of anilines is 1. The van der Waals surface area contributed by atoms with Crippen molar-refractivity contribution >= 4 is 34.7 Å². The number of thiophene rings is 1. The van der Waals surface area contributed by atoms with Gasteiger partial charge in [0.1, 0.15) is 18.5 Å². The van der Waals surface area contributed by atoms with Crippen molar-refractivity contribution in [2.45, 2.75) is 50.9 Å². The Morgan fingerprint density at radius 1 is 1.21 bits per heavy atom. The number of carbonyl (C=O) groups is 3. The topological polar surface area (TPSA) is 97.0 Å². The number of rotatable bonds is 6. The third-order valence-corrected chi connectivity index (χ3v) is 6.87. The number of nitrogens with one attached hydrogen (secondary N) is 2. The molecule has 1 saturated heterocycles. The molecule has 2 aliphatic heterocycles. The van der Waals surface area contributed by atoms with Crippen LogP contribution in [0.5, 0.6) is 5.75 Å². The molecular weight excluding hydrogens is 442 g/mol. The molecule has 3 amide bonds. The lowest BCUT2D eigenvalue weighted by Gasteiger charge is -2.42. The first-order chi connectivity index (χ1) is 15.9. The van der Waals surface area contributed by atoms with Crippen LogP contribution in [0.3, 0.4) is 0 Å². The summed E-state index contributed by atoms with van der Waals surface area (Å²) in [6, 6.07) is 8.79. The van der Waals surface area contributed by atoms with E-state index in [0.29, 0.717) is 36.4 Å². The van der Waals surface area contributed by atoms with Crippen molar-refractivity contribution in [2.24, 2.45) is 0 Å². The minimum Gasteiger partial charge on any atom is -0.490 e. The van der Waals surface area contributed by atoms with Crippen molar-refractivity contribution < 1.29 is 23.9 Å². The number of ether oxygens (including phenoxy) is 2. The normalized spacial score (nSPS) is 22.3. The first-order valence-electron chi connectivity index (χ1n) is 11.2. The summed E-state index contributed by atoms with van der Waals surface area (Å²) in [6.07, 6.45) is 1.52. The smallest absolute Gasteiger partial charge is 0.257 e. The molecule has 3 atom stereocenters. The number of hydrogen-bond acceptors (Lipinski definition) is 6. The Morgan fingerprint density at radius 3 is 2.82 bits per heavy atom. The second kappa shape index (κ2) is 10.4. The highest BCUT2D eigenvalue weighted by molar-refractivity contribution is 7.10. The van der Waals surface area contributed by atoms with E-state index in [-0.39, 0.29) is 49.0 Å².